The van der Waals surface area contributed by atoms with Crippen molar-refractivity contribution in [3.05, 3.63) is 70.4 Å². The Morgan fingerprint density at radius 1 is 1.07 bits per heavy atom. The van der Waals surface area contributed by atoms with Crippen LogP contribution in [0.3, 0.4) is 0 Å². The van der Waals surface area contributed by atoms with Gasteiger partial charge >= 0.3 is 0 Å². The first kappa shape index (κ1) is 18.8. The second-order valence-corrected chi connectivity index (χ2v) is 8.23. The molecular weight excluding hydrogens is 388 g/mol. The van der Waals surface area contributed by atoms with Crippen molar-refractivity contribution in [2.45, 2.75) is 20.8 Å². The van der Waals surface area contributed by atoms with Crippen LogP contribution in [0.2, 0.25) is 0 Å². The monoisotopic (exact) mass is 408 g/mol. The van der Waals surface area contributed by atoms with E-state index in [4.69, 9.17) is 17.0 Å². The number of carbonyl (C=O) groups is 1. The Morgan fingerprint density at radius 3 is 2.50 bits per heavy atom. The van der Waals surface area contributed by atoms with Crippen molar-refractivity contribution in [3.63, 3.8) is 0 Å². The first-order valence-corrected chi connectivity index (χ1v) is 10.3. The zero-order chi connectivity index (χ0) is 19.8. The van der Waals surface area contributed by atoms with Gasteiger partial charge in [-0.25, -0.2) is 0 Å². The van der Waals surface area contributed by atoms with E-state index in [9.17, 15) is 4.79 Å². The summed E-state index contributed by atoms with van der Waals surface area (Å²) in [6.07, 6.45) is 1.90. The van der Waals surface area contributed by atoms with Crippen LogP contribution in [0.25, 0.3) is 16.8 Å². The summed E-state index contributed by atoms with van der Waals surface area (Å²) in [5.74, 6) is 0.646. The third-order valence-corrected chi connectivity index (χ3v) is 6.00. The van der Waals surface area contributed by atoms with Gasteiger partial charge in [0.25, 0.3) is 5.91 Å². The molecule has 0 saturated carbocycles. The van der Waals surface area contributed by atoms with Gasteiger partial charge in [0.05, 0.1) is 11.5 Å². The van der Waals surface area contributed by atoms with E-state index in [0.29, 0.717) is 15.8 Å². The standard InChI is InChI=1S/C22H20N2O2S2/c1-4-26-19-12-11-16-7-5-6-8-17(16)18(19)13-20-21(25)24(22(27)28-20)23-14(2)9-10-15(23)3/h5-13H,4H2,1-3H3/b20-13+. The Morgan fingerprint density at radius 2 is 1.79 bits per heavy atom. The number of hydrogen-bond acceptors (Lipinski definition) is 4. The van der Waals surface area contributed by atoms with Gasteiger partial charge in [-0.2, -0.15) is 5.01 Å². The maximum absolute atomic E-state index is 13.2. The number of aryl methyl sites for hydroxylation is 2. The molecule has 2 heterocycles. The summed E-state index contributed by atoms with van der Waals surface area (Å²) in [6, 6.07) is 16.1. The molecule has 0 radical (unpaired) electrons. The number of amides is 1. The zero-order valence-corrected chi connectivity index (χ0v) is 17.6. The molecule has 0 spiro atoms. The summed E-state index contributed by atoms with van der Waals surface area (Å²) in [5.41, 5.74) is 2.84. The summed E-state index contributed by atoms with van der Waals surface area (Å²) in [6.45, 7) is 6.44. The predicted octanol–water partition coefficient (Wildman–Crippen LogP) is 5.19. The Balaban J connectivity index is 1.83. The lowest BCUT2D eigenvalue weighted by Crippen LogP contribution is -2.39. The van der Waals surface area contributed by atoms with Gasteiger partial charge in [-0.3, -0.25) is 9.47 Å². The minimum Gasteiger partial charge on any atom is -0.493 e. The van der Waals surface area contributed by atoms with E-state index in [2.05, 4.69) is 6.07 Å². The Bertz CT molecular complexity index is 1110. The van der Waals surface area contributed by atoms with E-state index in [1.165, 1.54) is 11.8 Å². The molecule has 0 aliphatic carbocycles. The number of aromatic nitrogens is 1. The van der Waals surface area contributed by atoms with Crippen LogP contribution in [0, 0.1) is 13.8 Å². The van der Waals surface area contributed by atoms with Crippen LogP contribution in [-0.2, 0) is 4.79 Å². The molecule has 1 fully saturated rings. The minimum atomic E-state index is -0.118. The Kier molecular flexibility index (Phi) is 5.00. The first-order valence-electron chi connectivity index (χ1n) is 9.09. The largest absolute Gasteiger partial charge is 0.493 e. The highest BCUT2D eigenvalue weighted by Crippen LogP contribution is 2.37. The van der Waals surface area contributed by atoms with Crippen LogP contribution in [0.15, 0.2) is 53.4 Å². The fraction of sp³-hybridized carbons (Fsp3) is 0.182. The van der Waals surface area contributed by atoms with E-state index in [0.717, 1.165) is 33.5 Å². The van der Waals surface area contributed by atoms with Crippen molar-refractivity contribution < 1.29 is 9.53 Å². The van der Waals surface area contributed by atoms with Crippen LogP contribution in [0.4, 0.5) is 0 Å². The molecule has 4 rings (SSSR count). The van der Waals surface area contributed by atoms with Crippen LogP contribution in [0.5, 0.6) is 5.75 Å². The van der Waals surface area contributed by atoms with E-state index in [-0.39, 0.29) is 5.91 Å². The van der Waals surface area contributed by atoms with Gasteiger partial charge in [0.15, 0.2) is 4.32 Å². The number of rotatable bonds is 4. The summed E-state index contributed by atoms with van der Waals surface area (Å²) >= 11 is 6.85. The summed E-state index contributed by atoms with van der Waals surface area (Å²) < 4.78 is 8.23. The molecule has 6 heteroatoms. The highest BCUT2D eigenvalue weighted by Gasteiger charge is 2.35. The third-order valence-electron chi connectivity index (χ3n) is 4.71. The molecule has 1 aromatic heterocycles. The average molecular weight is 409 g/mol. The maximum atomic E-state index is 13.2. The van der Waals surface area contributed by atoms with Crippen molar-refractivity contribution in [1.29, 1.82) is 0 Å². The van der Waals surface area contributed by atoms with Gasteiger partial charge in [-0.15, -0.1) is 0 Å². The molecule has 0 unspecified atom stereocenters. The summed E-state index contributed by atoms with van der Waals surface area (Å²) in [7, 11) is 0. The SMILES string of the molecule is CCOc1ccc2ccccc2c1/C=C1/SC(=S)N(n2c(C)ccc2C)C1=O. The highest BCUT2D eigenvalue weighted by molar-refractivity contribution is 8.27. The molecule has 1 saturated heterocycles. The third kappa shape index (κ3) is 3.12. The van der Waals surface area contributed by atoms with Gasteiger partial charge in [0.2, 0.25) is 0 Å². The smallest absolute Gasteiger partial charge is 0.285 e. The first-order chi connectivity index (χ1) is 13.5. The lowest BCUT2D eigenvalue weighted by Gasteiger charge is -2.20. The number of nitrogens with zero attached hydrogens (tertiary/aromatic N) is 2. The van der Waals surface area contributed by atoms with Gasteiger partial charge in [0.1, 0.15) is 5.75 Å². The molecule has 2 aromatic carbocycles. The van der Waals surface area contributed by atoms with Crippen LogP contribution in [0.1, 0.15) is 23.9 Å². The normalized spacial score (nSPS) is 15.8. The van der Waals surface area contributed by atoms with Gasteiger partial charge < -0.3 is 4.74 Å². The zero-order valence-electron chi connectivity index (χ0n) is 15.9. The van der Waals surface area contributed by atoms with Crippen LogP contribution in [-0.4, -0.2) is 21.5 Å². The van der Waals surface area contributed by atoms with Crippen molar-refractivity contribution in [1.82, 2.24) is 4.68 Å². The summed E-state index contributed by atoms with van der Waals surface area (Å²) in [5, 5.41) is 3.72. The van der Waals surface area contributed by atoms with Gasteiger partial charge in [0, 0.05) is 17.0 Å². The van der Waals surface area contributed by atoms with Crippen molar-refractivity contribution in [3.8, 4) is 5.75 Å². The Hall–Kier alpha value is -2.57. The molecule has 28 heavy (non-hydrogen) atoms. The average Bonchev–Trinajstić information content (AvgIpc) is 3.15. The van der Waals surface area contributed by atoms with Crippen molar-refractivity contribution in [2.24, 2.45) is 0 Å². The quantitative estimate of drug-likeness (QED) is 0.439. The number of benzene rings is 2. The molecule has 142 valence electrons. The van der Waals surface area contributed by atoms with Gasteiger partial charge in [-0.1, -0.05) is 42.1 Å². The van der Waals surface area contributed by atoms with Crippen LogP contribution < -0.4 is 9.75 Å². The number of hydrogen-bond donors (Lipinski definition) is 0. The molecule has 3 aromatic rings. The van der Waals surface area contributed by atoms with E-state index < -0.39 is 0 Å². The second kappa shape index (κ2) is 7.45. The van der Waals surface area contributed by atoms with Gasteiger partial charge in [-0.05, 0) is 68.0 Å². The number of ether oxygens (including phenoxy) is 1. The molecule has 0 atom stereocenters. The number of carbonyl (C=O) groups excluding carboxylic acids is 1. The second-order valence-electron chi connectivity index (χ2n) is 6.55. The molecule has 1 amide bonds. The fourth-order valence-electron chi connectivity index (χ4n) is 3.44. The molecule has 1 aliphatic rings. The molecule has 0 N–H and O–H groups in total. The molecule has 4 nitrogen and oxygen atoms in total. The lowest BCUT2D eigenvalue weighted by molar-refractivity contribution is -0.114. The number of fused-ring (bicyclic) bond motifs is 1. The molecule has 1 aliphatic heterocycles. The predicted molar refractivity (Wildman–Crippen MR) is 120 cm³/mol. The minimum absolute atomic E-state index is 0.118. The Labute approximate surface area is 173 Å². The van der Waals surface area contributed by atoms with E-state index in [1.54, 1.807) is 5.01 Å². The summed E-state index contributed by atoms with van der Waals surface area (Å²) in [4.78, 5) is 13.8. The molecular formula is C22H20N2O2S2. The van der Waals surface area contributed by atoms with E-state index in [1.807, 2.05) is 74.0 Å². The number of thiocarbonyl (C=S) groups is 1. The molecule has 0 bridgehead atoms. The van der Waals surface area contributed by atoms with Crippen LogP contribution >= 0.6 is 24.0 Å². The fourth-order valence-corrected chi connectivity index (χ4v) is 4.67. The highest BCUT2D eigenvalue weighted by atomic mass is 32.2. The maximum Gasteiger partial charge on any atom is 0.285 e. The van der Waals surface area contributed by atoms with E-state index >= 15 is 0 Å². The van der Waals surface area contributed by atoms with Crippen molar-refractivity contribution >= 4 is 51.1 Å². The number of thioether (sulfide) groups is 1. The lowest BCUT2D eigenvalue weighted by atomic mass is 10.0. The topological polar surface area (TPSA) is 34.5 Å². The van der Waals surface area contributed by atoms with Crippen molar-refractivity contribution in [2.75, 3.05) is 11.6 Å².